The van der Waals surface area contributed by atoms with Crippen molar-refractivity contribution in [2.75, 3.05) is 0 Å². The van der Waals surface area contributed by atoms with E-state index in [0.717, 1.165) is 0 Å². The number of pyridine rings is 1. The fourth-order valence-electron chi connectivity index (χ4n) is 0.819. The van der Waals surface area contributed by atoms with Gasteiger partial charge in [0.1, 0.15) is 5.15 Å². The Bertz CT molecular complexity index is 309. The molecule has 1 rings (SSSR count). The molecule has 1 aromatic heterocycles. The molecule has 0 bridgehead atoms. The van der Waals surface area contributed by atoms with Crippen molar-refractivity contribution in [3.05, 3.63) is 27.5 Å². The highest BCUT2D eigenvalue weighted by Crippen LogP contribution is 2.27. The summed E-state index contributed by atoms with van der Waals surface area (Å²) in [6.07, 6.45) is -1.27. The van der Waals surface area contributed by atoms with Crippen LogP contribution in [0.25, 0.3) is 0 Å². The van der Waals surface area contributed by atoms with Crippen LogP contribution in [0.3, 0.4) is 0 Å². The topological polar surface area (TPSA) is 38.9 Å². The molecule has 1 heterocycles. The van der Waals surface area contributed by atoms with Gasteiger partial charge in [0, 0.05) is 10.7 Å². The van der Waals surface area contributed by atoms with Crippen LogP contribution in [0.1, 0.15) is 11.6 Å². The Hall–Kier alpha value is -0.260. The maximum atomic E-state index is 12.2. The third-order valence-corrected chi connectivity index (χ3v) is 2.35. The molecule has 0 saturated heterocycles. The molecular weight excluding hydrogens is 265 g/mol. The van der Waals surface area contributed by atoms with Crippen LogP contribution in [0.2, 0.25) is 5.15 Å². The maximum Gasteiger partial charge on any atom is 0.257 e. The molecule has 1 atom stereocenters. The summed E-state index contributed by atoms with van der Waals surface area (Å²) in [5, 5.41) is 0.148. The van der Waals surface area contributed by atoms with Gasteiger partial charge >= 0.3 is 0 Å². The number of halogens is 4. The first-order chi connectivity index (χ1) is 6.02. The van der Waals surface area contributed by atoms with Crippen LogP contribution in [0, 0.1) is 0 Å². The molecule has 0 radical (unpaired) electrons. The van der Waals surface area contributed by atoms with Gasteiger partial charge in [-0.3, -0.25) is 0 Å². The summed E-state index contributed by atoms with van der Waals surface area (Å²) in [5.74, 6) is 0. The van der Waals surface area contributed by atoms with Crippen LogP contribution >= 0.6 is 27.5 Å². The standard InChI is InChI=1S/C7H6BrClF2N2/c8-4-2-13-5(9)1-3(4)6(12)7(10)11/h1-2,6-7H,12H2. The summed E-state index contributed by atoms with van der Waals surface area (Å²) in [7, 11) is 0. The lowest BCUT2D eigenvalue weighted by molar-refractivity contribution is 0.116. The molecule has 72 valence electrons. The predicted octanol–water partition coefficient (Wildman–Crippen LogP) is 2.76. The van der Waals surface area contributed by atoms with Crippen molar-refractivity contribution in [3.8, 4) is 0 Å². The van der Waals surface area contributed by atoms with Gasteiger partial charge < -0.3 is 5.73 Å². The van der Waals surface area contributed by atoms with Crippen molar-refractivity contribution in [2.45, 2.75) is 12.5 Å². The summed E-state index contributed by atoms with van der Waals surface area (Å²) in [5.41, 5.74) is 5.50. The number of nitrogens with two attached hydrogens (primary N) is 1. The van der Waals surface area contributed by atoms with E-state index < -0.39 is 12.5 Å². The van der Waals surface area contributed by atoms with Crippen molar-refractivity contribution in [1.29, 1.82) is 0 Å². The summed E-state index contributed by atoms with van der Waals surface area (Å²) >= 11 is 8.60. The molecule has 0 aliphatic heterocycles. The lowest BCUT2D eigenvalue weighted by Crippen LogP contribution is -2.19. The molecule has 0 saturated carbocycles. The Labute approximate surface area is 87.2 Å². The van der Waals surface area contributed by atoms with Gasteiger partial charge in [-0.25, -0.2) is 13.8 Å². The number of nitrogens with zero attached hydrogens (tertiary/aromatic N) is 1. The highest BCUT2D eigenvalue weighted by Gasteiger charge is 2.20. The van der Waals surface area contributed by atoms with Gasteiger partial charge in [-0.1, -0.05) is 11.6 Å². The first-order valence-electron chi connectivity index (χ1n) is 3.37. The van der Waals surface area contributed by atoms with E-state index >= 15 is 0 Å². The Morgan fingerprint density at radius 2 is 2.15 bits per heavy atom. The summed E-state index contributed by atoms with van der Waals surface area (Å²) in [6, 6.07) is -0.0162. The van der Waals surface area contributed by atoms with Gasteiger partial charge in [0.15, 0.2) is 0 Å². The van der Waals surface area contributed by atoms with E-state index in [-0.39, 0.29) is 10.7 Å². The Morgan fingerprint density at radius 1 is 1.54 bits per heavy atom. The fourth-order valence-corrected chi connectivity index (χ4v) is 1.47. The molecule has 1 unspecified atom stereocenters. The van der Waals surface area contributed by atoms with Gasteiger partial charge in [0.2, 0.25) is 0 Å². The minimum atomic E-state index is -2.62. The van der Waals surface area contributed by atoms with E-state index in [0.29, 0.717) is 4.47 Å². The molecular formula is C7H6BrClF2N2. The molecule has 2 N–H and O–H groups in total. The van der Waals surface area contributed by atoms with Gasteiger partial charge in [-0.2, -0.15) is 0 Å². The van der Waals surface area contributed by atoms with Crippen molar-refractivity contribution >= 4 is 27.5 Å². The van der Waals surface area contributed by atoms with Gasteiger partial charge in [0.05, 0.1) is 6.04 Å². The van der Waals surface area contributed by atoms with Gasteiger partial charge in [-0.05, 0) is 27.6 Å². The van der Waals surface area contributed by atoms with Gasteiger partial charge in [0.25, 0.3) is 6.43 Å². The lowest BCUT2D eigenvalue weighted by Gasteiger charge is -2.12. The predicted molar refractivity (Wildman–Crippen MR) is 49.9 cm³/mol. The van der Waals surface area contributed by atoms with E-state index in [2.05, 4.69) is 20.9 Å². The van der Waals surface area contributed by atoms with Crippen LogP contribution < -0.4 is 5.73 Å². The molecule has 0 aromatic carbocycles. The lowest BCUT2D eigenvalue weighted by atomic mass is 10.1. The number of rotatable bonds is 2. The molecule has 0 spiro atoms. The van der Waals surface area contributed by atoms with E-state index in [1.165, 1.54) is 12.3 Å². The molecule has 2 nitrogen and oxygen atoms in total. The Kier molecular flexibility index (Phi) is 3.58. The second-order valence-electron chi connectivity index (χ2n) is 2.39. The van der Waals surface area contributed by atoms with E-state index in [4.69, 9.17) is 17.3 Å². The normalized spacial score (nSPS) is 13.4. The van der Waals surface area contributed by atoms with Crippen molar-refractivity contribution in [1.82, 2.24) is 4.98 Å². The molecule has 13 heavy (non-hydrogen) atoms. The SMILES string of the molecule is NC(c1cc(Cl)ncc1Br)C(F)F. The zero-order valence-corrected chi connectivity index (χ0v) is 8.69. The van der Waals surface area contributed by atoms with Crippen LogP contribution in [-0.4, -0.2) is 11.4 Å². The highest BCUT2D eigenvalue weighted by molar-refractivity contribution is 9.10. The second kappa shape index (κ2) is 4.30. The van der Waals surface area contributed by atoms with Crippen molar-refractivity contribution in [3.63, 3.8) is 0 Å². The Balaban J connectivity index is 3.05. The summed E-state index contributed by atoms with van der Waals surface area (Å²) in [6.45, 7) is 0. The van der Waals surface area contributed by atoms with Crippen LogP contribution in [0.4, 0.5) is 8.78 Å². The zero-order chi connectivity index (χ0) is 10.0. The number of hydrogen-bond acceptors (Lipinski definition) is 2. The molecule has 1 aromatic rings. The summed E-state index contributed by atoms with van der Waals surface area (Å²) in [4.78, 5) is 3.70. The smallest absolute Gasteiger partial charge is 0.257 e. The third-order valence-electron chi connectivity index (χ3n) is 1.48. The molecule has 6 heteroatoms. The minimum absolute atomic E-state index is 0.148. The van der Waals surface area contributed by atoms with Crippen LogP contribution in [-0.2, 0) is 0 Å². The van der Waals surface area contributed by atoms with Gasteiger partial charge in [-0.15, -0.1) is 0 Å². The number of hydrogen-bond donors (Lipinski definition) is 1. The fraction of sp³-hybridized carbons (Fsp3) is 0.286. The second-order valence-corrected chi connectivity index (χ2v) is 3.63. The summed E-state index contributed by atoms with van der Waals surface area (Å²) < 4.78 is 24.9. The monoisotopic (exact) mass is 270 g/mol. The molecule has 0 aliphatic rings. The first-order valence-corrected chi connectivity index (χ1v) is 4.54. The third kappa shape index (κ3) is 2.59. The quantitative estimate of drug-likeness (QED) is 0.840. The first kappa shape index (κ1) is 10.8. The molecule has 0 fully saturated rings. The largest absolute Gasteiger partial charge is 0.319 e. The molecule has 0 amide bonds. The van der Waals surface area contributed by atoms with Crippen molar-refractivity contribution in [2.24, 2.45) is 5.73 Å². The molecule has 0 aliphatic carbocycles. The average molecular weight is 271 g/mol. The van der Waals surface area contributed by atoms with Crippen LogP contribution in [0.15, 0.2) is 16.7 Å². The van der Waals surface area contributed by atoms with Crippen LogP contribution in [0.5, 0.6) is 0 Å². The minimum Gasteiger partial charge on any atom is -0.319 e. The maximum absolute atomic E-state index is 12.2. The van der Waals surface area contributed by atoms with E-state index in [1.54, 1.807) is 0 Å². The van der Waals surface area contributed by atoms with E-state index in [9.17, 15) is 8.78 Å². The number of aromatic nitrogens is 1. The zero-order valence-electron chi connectivity index (χ0n) is 6.35. The highest BCUT2D eigenvalue weighted by atomic mass is 79.9. The average Bonchev–Trinajstić information content (AvgIpc) is 2.08. The van der Waals surface area contributed by atoms with Crippen molar-refractivity contribution < 1.29 is 8.78 Å². The number of alkyl halides is 2. The Morgan fingerprint density at radius 3 is 2.69 bits per heavy atom. The van der Waals surface area contributed by atoms with E-state index in [1.807, 2.05) is 0 Å².